The molecule has 1 atom stereocenters. The summed E-state index contributed by atoms with van der Waals surface area (Å²) in [5.74, 6) is 0.821. The molecule has 0 radical (unpaired) electrons. The number of fused-ring (bicyclic) bond motifs is 1. The van der Waals surface area contributed by atoms with E-state index in [4.69, 9.17) is 9.47 Å². The summed E-state index contributed by atoms with van der Waals surface area (Å²) in [7, 11) is 1.73. The molecule has 6 nitrogen and oxygen atoms in total. The zero-order valence-corrected chi connectivity index (χ0v) is 20.9. The van der Waals surface area contributed by atoms with Gasteiger partial charge in [-0.25, -0.2) is 0 Å². The number of rotatable bonds is 11. The van der Waals surface area contributed by atoms with E-state index >= 15 is 0 Å². The van der Waals surface area contributed by atoms with E-state index in [1.807, 2.05) is 12.1 Å². The summed E-state index contributed by atoms with van der Waals surface area (Å²) < 4.78 is 13.7. The van der Waals surface area contributed by atoms with Crippen molar-refractivity contribution in [1.82, 2.24) is 14.8 Å². The van der Waals surface area contributed by atoms with Crippen LogP contribution in [0.1, 0.15) is 63.4 Å². The van der Waals surface area contributed by atoms with Crippen molar-refractivity contribution >= 4 is 29.2 Å². The Morgan fingerprint density at radius 1 is 1.25 bits per heavy atom. The third kappa shape index (κ3) is 5.97. The topological polar surface area (TPSA) is 55.7 Å². The molecule has 1 fully saturated rings. The van der Waals surface area contributed by atoms with Crippen LogP contribution >= 0.6 is 12.4 Å². The number of benzene rings is 1. The predicted octanol–water partition coefficient (Wildman–Crippen LogP) is 4.88. The van der Waals surface area contributed by atoms with Crippen LogP contribution in [0, 0.1) is 0 Å². The van der Waals surface area contributed by atoms with E-state index < -0.39 is 0 Å². The number of para-hydroxylation sites is 1. The van der Waals surface area contributed by atoms with Crippen LogP contribution in [-0.2, 0) is 11.3 Å². The molecule has 180 valence electrons. The quantitative estimate of drug-likeness (QED) is 0.480. The van der Waals surface area contributed by atoms with Gasteiger partial charge in [0.1, 0.15) is 0 Å². The third-order valence-electron chi connectivity index (χ3n) is 6.01. The molecular weight excluding hydrogens is 426 g/mol. The highest BCUT2D eigenvalue weighted by Crippen LogP contribution is 2.36. The number of hydrogen-bond donors (Lipinski definition) is 1. The molecule has 0 aliphatic carbocycles. The number of piperidine rings is 1. The summed E-state index contributed by atoms with van der Waals surface area (Å²) in [6.07, 6.45) is 4.95. The molecule has 1 saturated heterocycles. The van der Waals surface area contributed by atoms with Gasteiger partial charge in [-0.2, -0.15) is 0 Å². The number of nitrogens with one attached hydrogen (secondary N) is 1. The molecule has 0 saturated carbocycles. The van der Waals surface area contributed by atoms with Crippen LogP contribution in [-0.4, -0.2) is 60.9 Å². The predicted molar refractivity (Wildman–Crippen MR) is 133 cm³/mol. The summed E-state index contributed by atoms with van der Waals surface area (Å²) in [6, 6.07) is 8.57. The Balaban J connectivity index is 0.00000363. The third-order valence-corrected chi connectivity index (χ3v) is 6.01. The zero-order valence-electron chi connectivity index (χ0n) is 20.1. The van der Waals surface area contributed by atoms with Crippen LogP contribution < -0.4 is 10.1 Å². The van der Waals surface area contributed by atoms with Gasteiger partial charge in [0.2, 0.25) is 0 Å². The average molecular weight is 466 g/mol. The molecule has 1 aromatic heterocycles. The fraction of sp³-hybridized carbons (Fsp3) is 0.640. The fourth-order valence-electron chi connectivity index (χ4n) is 4.60. The first-order valence-corrected chi connectivity index (χ1v) is 11.9. The number of carbonyl (C=O) groups is 1. The number of nitrogens with zero attached hydrogens (tertiary/aromatic N) is 2. The largest absolute Gasteiger partial charge is 0.490 e. The summed E-state index contributed by atoms with van der Waals surface area (Å²) in [5.41, 5.74) is 1.77. The van der Waals surface area contributed by atoms with Gasteiger partial charge in [0, 0.05) is 44.3 Å². The lowest BCUT2D eigenvalue weighted by Crippen LogP contribution is -2.52. The lowest BCUT2D eigenvalue weighted by molar-refractivity contribution is 0.0558. The molecule has 0 spiro atoms. The maximum absolute atomic E-state index is 14.1. The number of aryl methyl sites for hydroxylation is 1. The molecule has 1 aliphatic heterocycles. The Bertz CT molecular complexity index is 846. The first-order valence-electron chi connectivity index (χ1n) is 11.9. The van der Waals surface area contributed by atoms with Crippen LogP contribution in [0.15, 0.2) is 24.3 Å². The van der Waals surface area contributed by atoms with E-state index in [1.165, 1.54) is 0 Å². The molecular formula is C25H40ClN3O3. The average Bonchev–Trinajstić information content (AvgIpc) is 3.09. The van der Waals surface area contributed by atoms with Gasteiger partial charge in [-0.05, 0) is 64.6 Å². The molecule has 3 rings (SSSR count). The van der Waals surface area contributed by atoms with Gasteiger partial charge in [0.15, 0.2) is 11.4 Å². The molecule has 7 heteroatoms. The first kappa shape index (κ1) is 26.5. The van der Waals surface area contributed by atoms with Crippen LogP contribution in [0.3, 0.4) is 0 Å². The smallest absolute Gasteiger partial charge is 0.274 e. The lowest BCUT2D eigenvalue weighted by atomic mass is 10.0. The van der Waals surface area contributed by atoms with E-state index in [1.54, 1.807) is 7.11 Å². The Morgan fingerprint density at radius 2 is 2.03 bits per heavy atom. The van der Waals surface area contributed by atoms with Crippen molar-refractivity contribution in [2.24, 2.45) is 0 Å². The van der Waals surface area contributed by atoms with Gasteiger partial charge >= 0.3 is 0 Å². The molecule has 2 heterocycles. The number of halogens is 1. The number of hydrogen-bond acceptors (Lipinski definition) is 4. The van der Waals surface area contributed by atoms with Crippen molar-refractivity contribution in [1.29, 1.82) is 0 Å². The molecule has 0 unspecified atom stereocenters. The number of ether oxygens (including phenoxy) is 2. The fourth-order valence-corrected chi connectivity index (χ4v) is 4.60. The van der Waals surface area contributed by atoms with Crippen molar-refractivity contribution in [3.8, 4) is 5.75 Å². The van der Waals surface area contributed by atoms with Crippen molar-refractivity contribution < 1.29 is 14.3 Å². The van der Waals surface area contributed by atoms with Gasteiger partial charge in [-0.1, -0.05) is 19.1 Å². The maximum atomic E-state index is 14.1. The Labute approximate surface area is 199 Å². The monoisotopic (exact) mass is 465 g/mol. The van der Waals surface area contributed by atoms with Crippen LogP contribution in [0.5, 0.6) is 5.75 Å². The molecule has 1 amide bonds. The zero-order chi connectivity index (χ0) is 22.2. The van der Waals surface area contributed by atoms with E-state index in [0.717, 1.165) is 75.0 Å². The van der Waals surface area contributed by atoms with Gasteiger partial charge in [0.25, 0.3) is 5.91 Å². The highest BCUT2D eigenvalue weighted by Gasteiger charge is 2.33. The SMILES string of the molecule is CCCOc1c(C(=O)N(C(C)C)[C@@H]2CCCNC2)n(CCCCOC)c2ccccc12.Cl. The molecule has 0 bridgehead atoms. The summed E-state index contributed by atoms with van der Waals surface area (Å²) in [6.45, 7) is 10.3. The number of methoxy groups -OCH3 is 1. The highest BCUT2D eigenvalue weighted by molar-refractivity contribution is 6.04. The van der Waals surface area contributed by atoms with E-state index in [2.05, 4.69) is 47.7 Å². The summed E-state index contributed by atoms with van der Waals surface area (Å²) >= 11 is 0. The normalized spacial score (nSPS) is 16.2. The van der Waals surface area contributed by atoms with Crippen molar-refractivity contribution in [2.45, 2.75) is 71.5 Å². The van der Waals surface area contributed by atoms with E-state index in [-0.39, 0.29) is 30.4 Å². The number of carbonyl (C=O) groups excluding carboxylic acids is 1. The second kappa shape index (κ2) is 13.1. The number of amides is 1. The Kier molecular flexibility index (Phi) is 10.8. The Morgan fingerprint density at radius 3 is 2.69 bits per heavy atom. The minimum absolute atomic E-state index is 0. The summed E-state index contributed by atoms with van der Waals surface area (Å²) in [4.78, 5) is 16.2. The van der Waals surface area contributed by atoms with Gasteiger partial charge in [-0.3, -0.25) is 4.79 Å². The van der Waals surface area contributed by atoms with Gasteiger partial charge < -0.3 is 24.3 Å². The summed E-state index contributed by atoms with van der Waals surface area (Å²) in [5, 5.41) is 4.49. The van der Waals surface area contributed by atoms with E-state index in [0.29, 0.717) is 12.3 Å². The van der Waals surface area contributed by atoms with Crippen molar-refractivity contribution in [3.63, 3.8) is 0 Å². The second-order valence-corrected chi connectivity index (χ2v) is 8.70. The molecule has 1 aliphatic rings. The minimum Gasteiger partial charge on any atom is -0.490 e. The molecule has 1 aromatic carbocycles. The Hall–Kier alpha value is -1.76. The highest BCUT2D eigenvalue weighted by atomic mass is 35.5. The number of aromatic nitrogens is 1. The molecule has 32 heavy (non-hydrogen) atoms. The second-order valence-electron chi connectivity index (χ2n) is 8.70. The number of unbranched alkanes of at least 4 members (excludes halogenated alkanes) is 1. The standard InChI is InChI=1S/C25H39N3O3.ClH/c1-5-16-31-24-21-12-6-7-13-22(21)27(15-8-9-17-30-4)23(24)25(29)28(19(2)3)20-11-10-14-26-18-20;/h6-7,12-13,19-20,26H,5,8-11,14-18H2,1-4H3;1H/t20-;/m1./s1. The van der Waals surface area contributed by atoms with Crippen LogP contribution in [0.4, 0.5) is 0 Å². The van der Waals surface area contributed by atoms with Gasteiger partial charge in [0.05, 0.1) is 12.1 Å². The minimum atomic E-state index is 0. The molecule has 2 aromatic rings. The van der Waals surface area contributed by atoms with Gasteiger partial charge in [-0.15, -0.1) is 12.4 Å². The maximum Gasteiger partial charge on any atom is 0.274 e. The van der Waals surface area contributed by atoms with Crippen molar-refractivity contribution in [2.75, 3.05) is 33.4 Å². The van der Waals surface area contributed by atoms with Crippen LogP contribution in [0.25, 0.3) is 10.9 Å². The van der Waals surface area contributed by atoms with E-state index in [9.17, 15) is 4.79 Å². The lowest BCUT2D eigenvalue weighted by Gasteiger charge is -2.38. The van der Waals surface area contributed by atoms with Crippen molar-refractivity contribution in [3.05, 3.63) is 30.0 Å². The first-order chi connectivity index (χ1) is 15.1. The molecule has 1 N–H and O–H groups in total. The van der Waals surface area contributed by atoms with Crippen LogP contribution in [0.2, 0.25) is 0 Å².